The Morgan fingerprint density at radius 3 is 2.81 bits per heavy atom. The molecule has 1 spiro atoms. The van der Waals surface area contributed by atoms with Crippen molar-refractivity contribution < 1.29 is 19.1 Å². The van der Waals surface area contributed by atoms with Crippen molar-refractivity contribution >= 4 is 11.8 Å². The second kappa shape index (κ2) is 7.66. The van der Waals surface area contributed by atoms with Crippen molar-refractivity contribution in [3.05, 3.63) is 46.4 Å². The van der Waals surface area contributed by atoms with E-state index in [1.54, 1.807) is 0 Å². The molecule has 6 nitrogen and oxygen atoms in total. The van der Waals surface area contributed by atoms with Gasteiger partial charge in [0.1, 0.15) is 17.8 Å². The topological polar surface area (TPSA) is 67.9 Å². The highest BCUT2D eigenvalue weighted by Crippen LogP contribution is 2.56. The molecular weight excluding hydrogens is 392 g/mol. The number of hydrogen-bond acceptors (Lipinski definition) is 4. The van der Waals surface area contributed by atoms with Crippen LogP contribution in [0.4, 0.5) is 0 Å². The van der Waals surface area contributed by atoms with Crippen LogP contribution in [0.25, 0.3) is 0 Å². The van der Waals surface area contributed by atoms with Gasteiger partial charge >= 0.3 is 0 Å². The summed E-state index contributed by atoms with van der Waals surface area (Å²) in [5.41, 5.74) is 2.42. The maximum Gasteiger partial charge on any atom is 0.241 e. The first-order chi connectivity index (χ1) is 14.6. The van der Waals surface area contributed by atoms with Crippen LogP contribution in [0.2, 0.25) is 0 Å². The fourth-order valence-corrected chi connectivity index (χ4v) is 5.05. The molecule has 1 N–H and O–H groups in total. The van der Waals surface area contributed by atoms with Gasteiger partial charge in [-0.25, -0.2) is 0 Å². The van der Waals surface area contributed by atoms with Gasteiger partial charge < -0.3 is 19.7 Å². The van der Waals surface area contributed by atoms with Gasteiger partial charge in [0, 0.05) is 31.2 Å². The summed E-state index contributed by atoms with van der Waals surface area (Å²) in [6.45, 7) is 10.8. The number of nitrogens with one attached hydrogen (secondary N) is 1. The highest BCUT2D eigenvalue weighted by molar-refractivity contribution is 5.96. The molecule has 1 saturated heterocycles. The van der Waals surface area contributed by atoms with E-state index in [0.29, 0.717) is 13.0 Å². The molecule has 2 aliphatic carbocycles. The summed E-state index contributed by atoms with van der Waals surface area (Å²) in [7, 11) is 1.86. The minimum atomic E-state index is -0.870. The first-order valence-corrected chi connectivity index (χ1v) is 11.3. The molecule has 2 amide bonds. The minimum Gasteiger partial charge on any atom is -0.492 e. The number of rotatable bonds is 4. The third kappa shape index (κ3) is 3.36. The van der Waals surface area contributed by atoms with Crippen molar-refractivity contribution in [3.8, 4) is 0 Å². The third-order valence-electron chi connectivity index (χ3n) is 6.85. The van der Waals surface area contributed by atoms with E-state index in [4.69, 9.17) is 9.47 Å². The average molecular weight is 427 g/mol. The van der Waals surface area contributed by atoms with Crippen LogP contribution >= 0.6 is 0 Å². The Balaban J connectivity index is 1.81. The molecule has 168 valence electrons. The third-order valence-corrected chi connectivity index (χ3v) is 6.85. The maximum atomic E-state index is 13.8. The molecule has 0 radical (unpaired) electrons. The molecule has 0 aromatic heterocycles. The van der Waals surface area contributed by atoms with Crippen molar-refractivity contribution in [2.24, 2.45) is 10.8 Å². The Bertz CT molecular complexity index is 934. The largest absolute Gasteiger partial charge is 0.492 e. The van der Waals surface area contributed by atoms with E-state index in [-0.39, 0.29) is 30.6 Å². The Kier molecular flexibility index (Phi) is 5.41. The zero-order valence-electron chi connectivity index (χ0n) is 19.5. The molecular formula is C25H34N2O4. The Morgan fingerprint density at radius 2 is 2.13 bits per heavy atom. The number of ether oxygens (including phenoxy) is 2. The molecule has 6 heteroatoms. The van der Waals surface area contributed by atoms with Gasteiger partial charge in [0.25, 0.3) is 0 Å². The SMILES string of the molecule is CCCOC1CC2=C(C=C1C)OCC21C(=O)N(C)C2CC=CC(NC(=O)C(C)(C)C)=C21. The monoisotopic (exact) mass is 426 g/mol. The smallest absolute Gasteiger partial charge is 0.241 e. The van der Waals surface area contributed by atoms with Crippen LogP contribution in [0.15, 0.2) is 46.4 Å². The van der Waals surface area contributed by atoms with E-state index >= 15 is 0 Å². The van der Waals surface area contributed by atoms with Crippen LogP contribution in [0.3, 0.4) is 0 Å². The lowest BCUT2D eigenvalue weighted by Crippen LogP contribution is -2.40. The fraction of sp³-hybridized carbons (Fsp3) is 0.600. The molecule has 1 fully saturated rings. The lowest BCUT2D eigenvalue weighted by atomic mass is 9.69. The standard InChI is InChI=1S/C25H34N2O4/c1-7-11-30-19-13-16-20(12-15(19)2)31-14-25(16)21-17(26-22(28)24(3,4)5)9-8-10-18(21)27(6)23(25)29/h8-9,12,18-19H,7,10-11,13-14H2,1-6H3,(H,26,28). The quantitative estimate of drug-likeness (QED) is 0.746. The molecule has 4 rings (SSSR count). The van der Waals surface area contributed by atoms with Crippen LogP contribution in [0.5, 0.6) is 0 Å². The number of likely N-dealkylation sites (N-methyl/N-ethyl adjacent to an activating group) is 1. The number of allylic oxidation sites excluding steroid dienone is 2. The van der Waals surface area contributed by atoms with Gasteiger partial charge in [0.15, 0.2) is 0 Å². The molecule has 0 aromatic rings. The summed E-state index contributed by atoms with van der Waals surface area (Å²) in [4.78, 5) is 28.4. The summed E-state index contributed by atoms with van der Waals surface area (Å²) in [5.74, 6) is 0.778. The van der Waals surface area contributed by atoms with Crippen molar-refractivity contribution in [1.29, 1.82) is 0 Å². The predicted octanol–water partition coefficient (Wildman–Crippen LogP) is 3.62. The van der Waals surface area contributed by atoms with Crippen molar-refractivity contribution in [3.63, 3.8) is 0 Å². The fourth-order valence-electron chi connectivity index (χ4n) is 5.05. The lowest BCUT2D eigenvalue weighted by Gasteiger charge is -2.32. The summed E-state index contributed by atoms with van der Waals surface area (Å²) in [6, 6.07) is -0.0785. The van der Waals surface area contributed by atoms with E-state index in [1.165, 1.54) is 0 Å². The zero-order valence-corrected chi connectivity index (χ0v) is 19.5. The van der Waals surface area contributed by atoms with Gasteiger partial charge in [-0.3, -0.25) is 9.59 Å². The first-order valence-electron chi connectivity index (χ1n) is 11.3. The number of likely N-dealkylation sites (tertiary alicyclic amines) is 1. The van der Waals surface area contributed by atoms with Gasteiger partial charge in [-0.1, -0.05) is 33.8 Å². The minimum absolute atomic E-state index is 0.0471. The first kappa shape index (κ1) is 21.9. The molecule has 2 aliphatic heterocycles. The molecule has 0 saturated carbocycles. The molecule has 2 heterocycles. The van der Waals surface area contributed by atoms with E-state index in [9.17, 15) is 9.59 Å². The zero-order chi connectivity index (χ0) is 22.6. The number of fused-ring (bicyclic) bond motifs is 3. The number of carbonyl (C=O) groups excluding carboxylic acids is 2. The number of hydrogen-bond donors (Lipinski definition) is 1. The molecule has 0 bridgehead atoms. The lowest BCUT2D eigenvalue weighted by molar-refractivity contribution is -0.134. The van der Waals surface area contributed by atoms with Crippen LogP contribution in [-0.2, 0) is 19.1 Å². The van der Waals surface area contributed by atoms with Gasteiger partial charge in [0.2, 0.25) is 11.8 Å². The molecule has 4 aliphatic rings. The average Bonchev–Trinajstić information content (AvgIpc) is 3.18. The highest BCUT2D eigenvalue weighted by atomic mass is 16.5. The number of amides is 2. The van der Waals surface area contributed by atoms with Gasteiger partial charge in [0.05, 0.1) is 12.1 Å². The second-order valence-electron chi connectivity index (χ2n) is 10.1. The normalized spacial score (nSPS) is 29.9. The Hall–Kier alpha value is -2.34. The predicted molar refractivity (Wildman–Crippen MR) is 119 cm³/mol. The van der Waals surface area contributed by atoms with Crippen LogP contribution in [0, 0.1) is 10.8 Å². The number of nitrogens with zero attached hydrogens (tertiary/aromatic N) is 1. The maximum absolute atomic E-state index is 13.8. The Morgan fingerprint density at radius 1 is 1.39 bits per heavy atom. The van der Waals surface area contributed by atoms with Gasteiger partial charge in [-0.2, -0.15) is 0 Å². The van der Waals surface area contributed by atoms with Gasteiger partial charge in [-0.15, -0.1) is 0 Å². The second-order valence-corrected chi connectivity index (χ2v) is 10.1. The molecule has 3 unspecified atom stereocenters. The van der Waals surface area contributed by atoms with Crippen molar-refractivity contribution in [2.75, 3.05) is 20.3 Å². The Labute approximate surface area is 185 Å². The van der Waals surface area contributed by atoms with E-state index < -0.39 is 10.8 Å². The molecule has 0 aromatic carbocycles. The van der Waals surface area contributed by atoms with Crippen molar-refractivity contribution in [1.82, 2.24) is 10.2 Å². The van der Waals surface area contributed by atoms with Crippen LogP contribution in [-0.4, -0.2) is 49.1 Å². The summed E-state index contributed by atoms with van der Waals surface area (Å²) >= 11 is 0. The van der Waals surface area contributed by atoms with Crippen molar-refractivity contribution in [2.45, 2.75) is 66.0 Å². The molecule has 3 atom stereocenters. The van der Waals surface area contributed by atoms with E-state index in [0.717, 1.165) is 41.0 Å². The van der Waals surface area contributed by atoms with E-state index in [1.807, 2.05) is 50.9 Å². The number of carbonyl (C=O) groups is 2. The molecule has 31 heavy (non-hydrogen) atoms. The summed E-state index contributed by atoms with van der Waals surface area (Å²) < 4.78 is 12.2. The summed E-state index contributed by atoms with van der Waals surface area (Å²) in [6.07, 6.45) is 8.29. The van der Waals surface area contributed by atoms with Gasteiger partial charge in [-0.05, 0) is 48.6 Å². The van der Waals surface area contributed by atoms with E-state index in [2.05, 4.69) is 19.2 Å². The van der Waals surface area contributed by atoms with Crippen LogP contribution in [0.1, 0.15) is 53.9 Å². The summed E-state index contributed by atoms with van der Waals surface area (Å²) in [5, 5.41) is 3.12. The highest BCUT2D eigenvalue weighted by Gasteiger charge is 2.62. The van der Waals surface area contributed by atoms with Crippen LogP contribution < -0.4 is 5.32 Å².